The summed E-state index contributed by atoms with van der Waals surface area (Å²) in [5, 5.41) is 9.93. The van der Waals surface area contributed by atoms with Crippen LogP contribution in [0.4, 0.5) is 4.79 Å². The Balaban J connectivity index is 1.19. The zero-order chi connectivity index (χ0) is 25.0. The van der Waals surface area contributed by atoms with E-state index < -0.39 is 6.09 Å². The Hall–Kier alpha value is -4.39. The molecular weight excluding hydrogens is 452 g/mol. The highest BCUT2D eigenvalue weighted by Gasteiger charge is 2.08. The summed E-state index contributed by atoms with van der Waals surface area (Å²) in [5.74, 6) is -0.0566. The molecule has 36 heavy (non-hydrogen) atoms. The second-order valence-corrected chi connectivity index (χ2v) is 8.43. The van der Waals surface area contributed by atoms with Crippen LogP contribution in [0.25, 0.3) is 11.1 Å². The Morgan fingerprint density at radius 1 is 0.833 bits per heavy atom. The number of benzene rings is 3. The highest BCUT2D eigenvalue weighted by molar-refractivity contribution is 5.76. The van der Waals surface area contributed by atoms with Crippen LogP contribution in [0.5, 0.6) is 0 Å². The lowest BCUT2D eigenvalue weighted by molar-refractivity contribution is -0.121. The van der Waals surface area contributed by atoms with E-state index in [1.165, 1.54) is 5.56 Å². The van der Waals surface area contributed by atoms with Gasteiger partial charge >= 0.3 is 6.09 Å². The van der Waals surface area contributed by atoms with Gasteiger partial charge in [0.2, 0.25) is 5.91 Å². The van der Waals surface area contributed by atoms with Gasteiger partial charge in [-0.15, -0.1) is 0 Å². The lowest BCUT2D eigenvalue weighted by Crippen LogP contribution is -2.27. The van der Waals surface area contributed by atoms with E-state index in [0.29, 0.717) is 25.9 Å². The lowest BCUT2D eigenvalue weighted by atomic mass is 9.98. The molecular formula is C29H30N4O3. The van der Waals surface area contributed by atoms with Crippen molar-refractivity contribution in [2.45, 2.75) is 32.5 Å². The molecule has 184 valence electrons. The molecule has 0 fully saturated rings. The Labute approximate surface area is 211 Å². The first-order valence-electron chi connectivity index (χ1n) is 12.0. The Morgan fingerprint density at radius 3 is 2.39 bits per heavy atom. The van der Waals surface area contributed by atoms with Crippen molar-refractivity contribution in [3.63, 3.8) is 0 Å². The van der Waals surface area contributed by atoms with E-state index in [0.717, 1.165) is 28.8 Å². The number of rotatable bonds is 11. The van der Waals surface area contributed by atoms with Gasteiger partial charge in [0.1, 0.15) is 6.61 Å². The molecule has 3 aromatic carbocycles. The zero-order valence-electron chi connectivity index (χ0n) is 20.1. The van der Waals surface area contributed by atoms with Crippen molar-refractivity contribution in [3.05, 3.63) is 114 Å². The van der Waals surface area contributed by atoms with Crippen LogP contribution in [0, 0.1) is 0 Å². The second-order valence-electron chi connectivity index (χ2n) is 8.43. The maximum absolute atomic E-state index is 12.4. The van der Waals surface area contributed by atoms with Crippen molar-refractivity contribution in [1.29, 1.82) is 0 Å². The quantitative estimate of drug-likeness (QED) is 0.297. The van der Waals surface area contributed by atoms with Crippen LogP contribution in [0.3, 0.4) is 0 Å². The first kappa shape index (κ1) is 24.7. The van der Waals surface area contributed by atoms with Gasteiger partial charge in [-0.05, 0) is 40.3 Å². The first-order valence-corrected chi connectivity index (χ1v) is 12.0. The van der Waals surface area contributed by atoms with Gasteiger partial charge in [0.15, 0.2) is 0 Å². The van der Waals surface area contributed by atoms with E-state index in [2.05, 4.69) is 46.1 Å². The van der Waals surface area contributed by atoms with Crippen LogP contribution >= 0.6 is 0 Å². The molecule has 7 heteroatoms. The van der Waals surface area contributed by atoms with E-state index in [-0.39, 0.29) is 12.5 Å². The Morgan fingerprint density at radius 2 is 1.61 bits per heavy atom. The van der Waals surface area contributed by atoms with E-state index in [1.54, 1.807) is 6.20 Å². The minimum absolute atomic E-state index is 0.0566. The van der Waals surface area contributed by atoms with Crippen molar-refractivity contribution in [2.75, 3.05) is 6.54 Å². The average molecular weight is 483 g/mol. The third-order valence-corrected chi connectivity index (χ3v) is 5.72. The molecule has 0 saturated heterocycles. The number of ether oxygens (including phenoxy) is 1. The predicted octanol–water partition coefficient (Wildman–Crippen LogP) is 4.92. The van der Waals surface area contributed by atoms with Crippen molar-refractivity contribution in [1.82, 2.24) is 20.4 Å². The summed E-state index contributed by atoms with van der Waals surface area (Å²) in [6, 6.07) is 27.9. The maximum Gasteiger partial charge on any atom is 0.407 e. The molecule has 2 amide bonds. The van der Waals surface area contributed by atoms with Crippen LogP contribution in [0.2, 0.25) is 0 Å². The molecule has 0 bridgehead atoms. The van der Waals surface area contributed by atoms with Crippen LogP contribution in [-0.2, 0) is 29.2 Å². The van der Waals surface area contributed by atoms with Crippen molar-refractivity contribution in [2.24, 2.45) is 0 Å². The summed E-state index contributed by atoms with van der Waals surface area (Å²) >= 11 is 0. The number of carbonyl (C=O) groups excluding carboxylic acids is 2. The normalized spacial score (nSPS) is 10.6. The number of carbonyl (C=O) groups is 2. The standard InChI is InChI=1S/C29H30N4O3/c34-28(12-6-17-30-29(35)36-22-24-8-2-1-3-9-24)31-20-26-10-4-5-11-27(26)25-15-13-23(14-16-25)21-33-19-7-18-32-33/h1-5,7-11,13-16,18-19H,6,12,17,20-22H2,(H,30,35)(H,31,34). The lowest BCUT2D eigenvalue weighted by Gasteiger charge is -2.12. The van der Waals surface area contributed by atoms with Gasteiger partial charge in [-0.1, -0.05) is 78.9 Å². The number of hydrogen-bond acceptors (Lipinski definition) is 4. The van der Waals surface area contributed by atoms with Crippen LogP contribution in [0.15, 0.2) is 97.3 Å². The van der Waals surface area contributed by atoms with Gasteiger partial charge in [-0.3, -0.25) is 9.48 Å². The van der Waals surface area contributed by atoms with Crippen molar-refractivity contribution < 1.29 is 14.3 Å². The van der Waals surface area contributed by atoms with E-state index >= 15 is 0 Å². The SMILES string of the molecule is O=C(CCCNC(=O)OCc1ccccc1)NCc1ccccc1-c1ccc(Cn2cccn2)cc1. The Bertz CT molecular complexity index is 1240. The molecule has 0 aliphatic heterocycles. The molecule has 1 aromatic heterocycles. The summed E-state index contributed by atoms with van der Waals surface area (Å²) in [6.45, 7) is 1.77. The minimum Gasteiger partial charge on any atom is -0.445 e. The number of nitrogens with one attached hydrogen (secondary N) is 2. The smallest absolute Gasteiger partial charge is 0.407 e. The van der Waals surface area contributed by atoms with Crippen LogP contribution in [0.1, 0.15) is 29.5 Å². The second kappa shape index (κ2) is 12.9. The van der Waals surface area contributed by atoms with Crippen molar-refractivity contribution >= 4 is 12.0 Å². The fourth-order valence-electron chi connectivity index (χ4n) is 3.82. The summed E-state index contributed by atoms with van der Waals surface area (Å²) in [4.78, 5) is 24.2. The molecule has 0 spiro atoms. The first-order chi connectivity index (χ1) is 17.7. The fourth-order valence-corrected chi connectivity index (χ4v) is 3.82. The number of hydrogen-bond donors (Lipinski definition) is 2. The molecule has 0 atom stereocenters. The number of aromatic nitrogens is 2. The topological polar surface area (TPSA) is 85.3 Å². The maximum atomic E-state index is 12.4. The molecule has 0 saturated carbocycles. The van der Waals surface area contributed by atoms with E-state index in [1.807, 2.05) is 65.5 Å². The molecule has 7 nitrogen and oxygen atoms in total. The summed E-state index contributed by atoms with van der Waals surface area (Å²) < 4.78 is 7.06. The zero-order valence-corrected chi connectivity index (χ0v) is 20.1. The number of nitrogens with zero attached hydrogens (tertiary/aromatic N) is 2. The van der Waals surface area contributed by atoms with Gasteiger partial charge in [0.25, 0.3) is 0 Å². The molecule has 0 aliphatic carbocycles. The molecule has 4 aromatic rings. The van der Waals surface area contributed by atoms with Gasteiger partial charge in [-0.25, -0.2) is 4.79 Å². The monoisotopic (exact) mass is 482 g/mol. The van der Waals surface area contributed by atoms with Gasteiger partial charge in [0, 0.05) is 31.9 Å². The average Bonchev–Trinajstić information content (AvgIpc) is 3.43. The van der Waals surface area contributed by atoms with Gasteiger partial charge < -0.3 is 15.4 Å². The highest BCUT2D eigenvalue weighted by atomic mass is 16.5. The molecule has 0 aliphatic rings. The third-order valence-electron chi connectivity index (χ3n) is 5.72. The van der Waals surface area contributed by atoms with Crippen LogP contribution < -0.4 is 10.6 Å². The largest absolute Gasteiger partial charge is 0.445 e. The molecule has 4 rings (SSSR count). The molecule has 1 heterocycles. The summed E-state index contributed by atoms with van der Waals surface area (Å²) in [6.07, 6.45) is 4.09. The van der Waals surface area contributed by atoms with E-state index in [9.17, 15) is 9.59 Å². The minimum atomic E-state index is -0.483. The van der Waals surface area contributed by atoms with Crippen LogP contribution in [-0.4, -0.2) is 28.3 Å². The van der Waals surface area contributed by atoms with Gasteiger partial charge in [-0.2, -0.15) is 5.10 Å². The van der Waals surface area contributed by atoms with E-state index in [4.69, 9.17) is 4.74 Å². The third kappa shape index (κ3) is 7.56. The summed E-state index contributed by atoms with van der Waals surface area (Å²) in [5.41, 5.74) is 5.34. The highest BCUT2D eigenvalue weighted by Crippen LogP contribution is 2.24. The fraction of sp³-hybridized carbons (Fsp3) is 0.207. The molecule has 2 N–H and O–H groups in total. The van der Waals surface area contributed by atoms with Gasteiger partial charge in [0.05, 0.1) is 6.54 Å². The van der Waals surface area contributed by atoms with Crippen molar-refractivity contribution in [3.8, 4) is 11.1 Å². The number of alkyl carbamates (subject to hydrolysis) is 1. The predicted molar refractivity (Wildman–Crippen MR) is 139 cm³/mol. The Kier molecular flexibility index (Phi) is 8.86. The summed E-state index contributed by atoms with van der Waals surface area (Å²) in [7, 11) is 0. The molecule has 0 unspecified atom stereocenters. The number of amides is 2. The molecule has 0 radical (unpaired) electrons.